The van der Waals surface area contributed by atoms with Gasteiger partial charge in [0.1, 0.15) is 0 Å². The topological polar surface area (TPSA) is 52.6 Å². The summed E-state index contributed by atoms with van der Waals surface area (Å²) in [5.74, 6) is 1.51. The Bertz CT molecular complexity index is 482. The highest BCUT2D eigenvalue weighted by Gasteiger charge is 2.31. The van der Waals surface area contributed by atoms with Gasteiger partial charge in [-0.3, -0.25) is 9.89 Å². The molecule has 0 radical (unpaired) electrons. The lowest BCUT2D eigenvalue weighted by molar-refractivity contribution is 0.265. The highest BCUT2D eigenvalue weighted by Crippen LogP contribution is 2.18. The molecule has 2 N–H and O–H groups in total. The van der Waals surface area contributed by atoms with E-state index in [4.69, 9.17) is 0 Å². The van der Waals surface area contributed by atoms with Crippen LogP contribution in [0.15, 0.2) is 11.2 Å². The molecule has 0 amide bonds. The molecule has 1 aromatic heterocycles. The van der Waals surface area contributed by atoms with Crippen LogP contribution in [0.1, 0.15) is 30.7 Å². The van der Waals surface area contributed by atoms with Gasteiger partial charge in [-0.15, -0.1) is 11.3 Å². The number of thiazole rings is 1. The van der Waals surface area contributed by atoms with Gasteiger partial charge in [0, 0.05) is 43.3 Å². The molecule has 6 heteroatoms. The van der Waals surface area contributed by atoms with Crippen molar-refractivity contribution in [3.05, 3.63) is 16.1 Å². The Balaban J connectivity index is 1.85. The van der Waals surface area contributed by atoms with E-state index >= 15 is 0 Å². The summed E-state index contributed by atoms with van der Waals surface area (Å²) >= 11 is 1.72. The fraction of sp³-hybridized carbons (Fsp3) is 0.733. The minimum Gasteiger partial charge on any atom is -0.352 e. The quantitative estimate of drug-likeness (QED) is 0.658. The van der Waals surface area contributed by atoms with E-state index in [1.54, 1.807) is 11.3 Å². The van der Waals surface area contributed by atoms with Crippen LogP contribution in [-0.2, 0) is 6.54 Å². The standard InChI is InChI=1S/C15H27N5S/c1-10(2)20-8-11(3)14(9-20)19-15(16-5)18-7-13-6-17-12(4)21-13/h6,10-11,14H,7-9H2,1-5H3,(H2,16,18,19). The van der Waals surface area contributed by atoms with Crippen molar-refractivity contribution in [1.29, 1.82) is 0 Å². The van der Waals surface area contributed by atoms with Gasteiger partial charge in [-0.2, -0.15) is 0 Å². The minimum atomic E-state index is 0.460. The number of aliphatic imine (C=N–C) groups is 1. The summed E-state index contributed by atoms with van der Waals surface area (Å²) in [6.45, 7) is 11.9. The molecule has 2 atom stereocenters. The second kappa shape index (κ2) is 7.22. The lowest BCUT2D eigenvalue weighted by Gasteiger charge is -2.21. The zero-order valence-electron chi connectivity index (χ0n) is 13.7. The fourth-order valence-electron chi connectivity index (χ4n) is 2.64. The van der Waals surface area contributed by atoms with Crippen molar-refractivity contribution in [1.82, 2.24) is 20.5 Å². The van der Waals surface area contributed by atoms with Crippen LogP contribution in [0.4, 0.5) is 0 Å². The molecule has 2 heterocycles. The van der Waals surface area contributed by atoms with Gasteiger partial charge in [-0.1, -0.05) is 6.92 Å². The molecule has 0 aliphatic carbocycles. The van der Waals surface area contributed by atoms with E-state index in [2.05, 4.69) is 46.3 Å². The molecule has 5 nitrogen and oxygen atoms in total. The predicted octanol–water partition coefficient (Wildman–Crippen LogP) is 1.85. The number of aryl methyl sites for hydroxylation is 1. The summed E-state index contributed by atoms with van der Waals surface area (Å²) in [4.78, 5) is 12.4. The zero-order valence-corrected chi connectivity index (χ0v) is 14.5. The number of aromatic nitrogens is 1. The Kier molecular flexibility index (Phi) is 5.58. The lowest BCUT2D eigenvalue weighted by atomic mass is 10.1. The number of nitrogens with zero attached hydrogens (tertiary/aromatic N) is 3. The first-order valence-corrected chi connectivity index (χ1v) is 8.43. The predicted molar refractivity (Wildman–Crippen MR) is 89.8 cm³/mol. The third-order valence-corrected chi connectivity index (χ3v) is 4.93. The van der Waals surface area contributed by atoms with Crippen LogP contribution in [0.3, 0.4) is 0 Å². The van der Waals surface area contributed by atoms with Gasteiger partial charge < -0.3 is 10.6 Å². The molecule has 1 fully saturated rings. The van der Waals surface area contributed by atoms with Gasteiger partial charge in [0.15, 0.2) is 5.96 Å². The molecule has 21 heavy (non-hydrogen) atoms. The first-order valence-electron chi connectivity index (χ1n) is 7.62. The second-order valence-electron chi connectivity index (χ2n) is 6.05. The highest BCUT2D eigenvalue weighted by atomic mass is 32.1. The summed E-state index contributed by atoms with van der Waals surface area (Å²) in [5.41, 5.74) is 0. The number of hydrogen-bond acceptors (Lipinski definition) is 4. The normalized spacial score (nSPS) is 23.8. The van der Waals surface area contributed by atoms with Crippen LogP contribution in [0.5, 0.6) is 0 Å². The Morgan fingerprint density at radius 3 is 2.81 bits per heavy atom. The van der Waals surface area contributed by atoms with E-state index in [-0.39, 0.29) is 0 Å². The summed E-state index contributed by atoms with van der Waals surface area (Å²) in [6, 6.07) is 1.07. The monoisotopic (exact) mass is 309 g/mol. The van der Waals surface area contributed by atoms with E-state index in [0.717, 1.165) is 30.6 Å². The highest BCUT2D eigenvalue weighted by molar-refractivity contribution is 7.11. The number of likely N-dealkylation sites (tertiary alicyclic amines) is 1. The average Bonchev–Trinajstić information content (AvgIpc) is 3.01. The molecule has 1 aliphatic rings. The lowest BCUT2D eigenvalue weighted by Crippen LogP contribution is -2.46. The van der Waals surface area contributed by atoms with Crippen LogP contribution < -0.4 is 10.6 Å². The van der Waals surface area contributed by atoms with Gasteiger partial charge in [0.25, 0.3) is 0 Å². The van der Waals surface area contributed by atoms with Gasteiger partial charge in [0.05, 0.1) is 11.6 Å². The molecule has 2 rings (SSSR count). The molecule has 0 spiro atoms. The Morgan fingerprint density at radius 2 is 2.29 bits per heavy atom. The maximum atomic E-state index is 4.34. The maximum Gasteiger partial charge on any atom is 0.191 e. The van der Waals surface area contributed by atoms with Gasteiger partial charge >= 0.3 is 0 Å². The van der Waals surface area contributed by atoms with Crippen molar-refractivity contribution in [2.75, 3.05) is 20.1 Å². The molecule has 118 valence electrons. The maximum absolute atomic E-state index is 4.34. The van der Waals surface area contributed by atoms with Crippen LogP contribution in [0, 0.1) is 12.8 Å². The summed E-state index contributed by atoms with van der Waals surface area (Å²) in [6.07, 6.45) is 1.93. The zero-order chi connectivity index (χ0) is 15.4. The van der Waals surface area contributed by atoms with Gasteiger partial charge in [-0.25, -0.2) is 4.98 Å². The van der Waals surface area contributed by atoms with E-state index in [0.29, 0.717) is 18.0 Å². The summed E-state index contributed by atoms with van der Waals surface area (Å²) in [7, 11) is 1.83. The van der Waals surface area contributed by atoms with Crippen molar-refractivity contribution in [3.8, 4) is 0 Å². The average molecular weight is 309 g/mol. The Hall–Kier alpha value is -1.14. The van der Waals surface area contributed by atoms with Crippen LogP contribution in [0.2, 0.25) is 0 Å². The number of rotatable bonds is 4. The Labute approximate surface area is 131 Å². The molecule has 1 aromatic rings. The molecule has 1 aliphatic heterocycles. The van der Waals surface area contributed by atoms with Crippen molar-refractivity contribution < 1.29 is 0 Å². The molecular formula is C15H27N5S. The van der Waals surface area contributed by atoms with Crippen LogP contribution >= 0.6 is 11.3 Å². The fourth-order valence-corrected chi connectivity index (χ4v) is 3.38. The number of hydrogen-bond donors (Lipinski definition) is 2. The largest absolute Gasteiger partial charge is 0.352 e. The van der Waals surface area contributed by atoms with Crippen LogP contribution in [0.25, 0.3) is 0 Å². The van der Waals surface area contributed by atoms with E-state index in [1.165, 1.54) is 4.88 Å². The molecule has 2 unspecified atom stereocenters. The molecule has 0 aromatic carbocycles. The first kappa shape index (κ1) is 16.2. The van der Waals surface area contributed by atoms with Crippen molar-refractivity contribution in [2.24, 2.45) is 10.9 Å². The van der Waals surface area contributed by atoms with Crippen molar-refractivity contribution in [3.63, 3.8) is 0 Å². The van der Waals surface area contributed by atoms with E-state index < -0.39 is 0 Å². The van der Waals surface area contributed by atoms with E-state index in [9.17, 15) is 0 Å². The molecular weight excluding hydrogens is 282 g/mol. The third-order valence-electron chi connectivity index (χ3n) is 4.02. The molecule has 0 saturated carbocycles. The minimum absolute atomic E-state index is 0.460. The first-order chi connectivity index (χ1) is 9.99. The molecule has 1 saturated heterocycles. The summed E-state index contributed by atoms with van der Waals surface area (Å²) < 4.78 is 0. The molecule has 0 bridgehead atoms. The third kappa shape index (κ3) is 4.41. The smallest absolute Gasteiger partial charge is 0.191 e. The number of nitrogens with one attached hydrogen (secondary N) is 2. The Morgan fingerprint density at radius 1 is 1.52 bits per heavy atom. The summed E-state index contributed by atoms with van der Waals surface area (Å²) in [5, 5.41) is 8.04. The van der Waals surface area contributed by atoms with Crippen molar-refractivity contribution >= 4 is 17.3 Å². The van der Waals surface area contributed by atoms with Gasteiger partial charge in [-0.05, 0) is 26.7 Å². The van der Waals surface area contributed by atoms with Gasteiger partial charge in [0.2, 0.25) is 0 Å². The number of guanidine groups is 1. The second-order valence-corrected chi connectivity index (χ2v) is 7.37. The SMILES string of the molecule is CN=C(NCc1cnc(C)s1)NC1CN(C(C)C)CC1C. The van der Waals surface area contributed by atoms with E-state index in [1.807, 2.05) is 20.2 Å². The van der Waals surface area contributed by atoms with Crippen LogP contribution in [-0.4, -0.2) is 48.1 Å². The van der Waals surface area contributed by atoms with Crippen molar-refractivity contribution in [2.45, 2.75) is 46.3 Å².